The molecule has 0 saturated carbocycles. The summed E-state index contributed by atoms with van der Waals surface area (Å²) in [6.07, 6.45) is 4.99. The molecule has 0 aromatic heterocycles. The average molecular weight is 285 g/mol. The molecule has 5 heteroatoms. The SMILES string of the molecule is Cc1ccc(N2C(=O)[C@H]3CC=CC[C@H]3C2=O)cc1C(=O)O. The second-order valence-corrected chi connectivity index (χ2v) is 5.47. The highest BCUT2D eigenvalue weighted by Gasteiger charge is 2.47. The Hall–Kier alpha value is -2.43. The molecule has 108 valence electrons. The third kappa shape index (κ3) is 2.05. The van der Waals surface area contributed by atoms with Gasteiger partial charge in [-0.2, -0.15) is 0 Å². The van der Waals surface area contributed by atoms with Crippen molar-refractivity contribution in [3.8, 4) is 0 Å². The zero-order valence-corrected chi connectivity index (χ0v) is 11.6. The summed E-state index contributed by atoms with van der Waals surface area (Å²) < 4.78 is 0. The Kier molecular flexibility index (Phi) is 3.12. The summed E-state index contributed by atoms with van der Waals surface area (Å²) >= 11 is 0. The standard InChI is InChI=1S/C16H15NO4/c1-9-6-7-10(8-13(9)16(20)21)17-14(18)11-4-2-3-5-12(11)15(17)19/h2-3,6-8,11-12H,4-5H2,1H3,(H,20,21)/t11-,12+. The van der Waals surface area contributed by atoms with Crippen molar-refractivity contribution in [1.29, 1.82) is 0 Å². The van der Waals surface area contributed by atoms with Crippen molar-refractivity contribution < 1.29 is 19.5 Å². The number of carbonyl (C=O) groups is 3. The van der Waals surface area contributed by atoms with E-state index in [1.54, 1.807) is 19.1 Å². The Morgan fingerprint density at radius 3 is 2.24 bits per heavy atom. The highest BCUT2D eigenvalue weighted by molar-refractivity contribution is 6.22. The number of aryl methyl sites for hydroxylation is 1. The lowest BCUT2D eigenvalue weighted by atomic mass is 9.85. The van der Waals surface area contributed by atoms with Crippen LogP contribution in [0.2, 0.25) is 0 Å². The summed E-state index contributed by atoms with van der Waals surface area (Å²) in [4.78, 5) is 37.2. The molecule has 2 aliphatic rings. The first-order valence-corrected chi connectivity index (χ1v) is 6.87. The number of carboxylic acids is 1. The smallest absolute Gasteiger partial charge is 0.336 e. The molecule has 1 heterocycles. The average Bonchev–Trinajstić information content (AvgIpc) is 2.72. The summed E-state index contributed by atoms with van der Waals surface area (Å²) in [5.74, 6) is -2.13. The van der Waals surface area contributed by atoms with Crippen LogP contribution >= 0.6 is 0 Å². The van der Waals surface area contributed by atoms with E-state index in [-0.39, 0.29) is 29.2 Å². The highest BCUT2D eigenvalue weighted by atomic mass is 16.4. The fourth-order valence-corrected chi connectivity index (χ4v) is 3.03. The summed E-state index contributed by atoms with van der Waals surface area (Å²) in [5, 5.41) is 9.17. The van der Waals surface area contributed by atoms with E-state index >= 15 is 0 Å². The first-order valence-electron chi connectivity index (χ1n) is 6.87. The molecule has 3 rings (SSSR count). The van der Waals surface area contributed by atoms with Gasteiger partial charge in [-0.25, -0.2) is 4.79 Å². The Morgan fingerprint density at radius 1 is 1.14 bits per heavy atom. The lowest BCUT2D eigenvalue weighted by Gasteiger charge is -2.16. The van der Waals surface area contributed by atoms with Crippen molar-refractivity contribution in [2.75, 3.05) is 4.90 Å². The summed E-state index contributed by atoms with van der Waals surface area (Å²) in [6.45, 7) is 1.69. The van der Waals surface area contributed by atoms with Crippen molar-refractivity contribution in [3.05, 3.63) is 41.5 Å². The predicted octanol–water partition coefficient (Wildman–Crippen LogP) is 2.15. The fourth-order valence-electron chi connectivity index (χ4n) is 3.03. The van der Waals surface area contributed by atoms with Gasteiger partial charge < -0.3 is 5.11 Å². The molecule has 1 aromatic carbocycles. The Balaban J connectivity index is 2.01. The molecule has 0 unspecified atom stereocenters. The van der Waals surface area contributed by atoms with Crippen LogP contribution in [-0.4, -0.2) is 22.9 Å². The first-order chi connectivity index (χ1) is 10.0. The number of amides is 2. The Labute approximate surface area is 121 Å². The minimum absolute atomic E-state index is 0.112. The molecule has 0 radical (unpaired) electrons. The number of imide groups is 1. The van der Waals surface area contributed by atoms with Gasteiger partial charge >= 0.3 is 5.97 Å². The fraction of sp³-hybridized carbons (Fsp3) is 0.312. The number of rotatable bonds is 2. The van der Waals surface area contributed by atoms with Crippen molar-refractivity contribution in [2.24, 2.45) is 11.8 Å². The molecule has 1 saturated heterocycles. The molecular formula is C16H15NO4. The van der Waals surface area contributed by atoms with Gasteiger partial charge in [-0.15, -0.1) is 0 Å². The van der Waals surface area contributed by atoms with Gasteiger partial charge in [-0.1, -0.05) is 18.2 Å². The van der Waals surface area contributed by atoms with Crippen LogP contribution in [0.15, 0.2) is 30.4 Å². The molecule has 0 bridgehead atoms. The number of hydrogen-bond donors (Lipinski definition) is 1. The van der Waals surface area contributed by atoms with Crippen LogP contribution in [0.4, 0.5) is 5.69 Å². The summed E-state index contributed by atoms with van der Waals surface area (Å²) in [6, 6.07) is 4.65. The molecule has 1 N–H and O–H groups in total. The number of anilines is 1. The van der Waals surface area contributed by atoms with Gasteiger partial charge in [0, 0.05) is 0 Å². The van der Waals surface area contributed by atoms with Crippen molar-refractivity contribution in [3.63, 3.8) is 0 Å². The number of aromatic carboxylic acids is 1. The number of hydrogen-bond acceptors (Lipinski definition) is 3. The van der Waals surface area contributed by atoms with Crippen molar-refractivity contribution in [2.45, 2.75) is 19.8 Å². The van der Waals surface area contributed by atoms with Crippen LogP contribution in [-0.2, 0) is 9.59 Å². The predicted molar refractivity (Wildman–Crippen MR) is 76.0 cm³/mol. The number of allylic oxidation sites excluding steroid dienone is 2. The van der Waals surface area contributed by atoms with E-state index in [1.165, 1.54) is 6.07 Å². The monoisotopic (exact) mass is 285 g/mol. The molecule has 1 aliphatic heterocycles. The van der Waals surface area contributed by atoms with E-state index in [9.17, 15) is 19.5 Å². The Morgan fingerprint density at radius 2 is 1.71 bits per heavy atom. The maximum absolute atomic E-state index is 12.4. The maximum Gasteiger partial charge on any atom is 0.336 e. The molecule has 5 nitrogen and oxygen atoms in total. The van der Waals surface area contributed by atoms with Gasteiger partial charge in [-0.3, -0.25) is 14.5 Å². The number of carbonyl (C=O) groups excluding carboxylic acids is 2. The molecule has 0 spiro atoms. The molecule has 2 atom stereocenters. The molecule has 1 aromatic rings. The normalized spacial score (nSPS) is 24.3. The minimum Gasteiger partial charge on any atom is -0.478 e. The lowest BCUT2D eigenvalue weighted by molar-refractivity contribution is -0.122. The highest BCUT2D eigenvalue weighted by Crippen LogP contribution is 2.38. The van der Waals surface area contributed by atoms with E-state index in [0.29, 0.717) is 24.1 Å². The lowest BCUT2D eigenvalue weighted by Crippen LogP contribution is -2.31. The second-order valence-electron chi connectivity index (χ2n) is 5.47. The Bertz CT molecular complexity index is 651. The first kappa shape index (κ1) is 13.5. The molecule has 21 heavy (non-hydrogen) atoms. The maximum atomic E-state index is 12.4. The van der Waals surface area contributed by atoms with E-state index in [1.807, 2.05) is 12.2 Å². The largest absolute Gasteiger partial charge is 0.478 e. The molecule has 2 amide bonds. The molecule has 1 fully saturated rings. The van der Waals surface area contributed by atoms with Gasteiger partial charge in [0.1, 0.15) is 0 Å². The van der Waals surface area contributed by atoms with Crippen LogP contribution in [0.25, 0.3) is 0 Å². The van der Waals surface area contributed by atoms with Crippen LogP contribution < -0.4 is 4.90 Å². The zero-order chi connectivity index (χ0) is 15.1. The third-order valence-electron chi connectivity index (χ3n) is 4.22. The number of carboxylic acid groups (broad SMARTS) is 1. The van der Waals surface area contributed by atoms with E-state index in [4.69, 9.17) is 0 Å². The minimum atomic E-state index is -1.06. The van der Waals surface area contributed by atoms with E-state index in [2.05, 4.69) is 0 Å². The van der Waals surface area contributed by atoms with Gasteiger partial charge in [-0.05, 0) is 37.5 Å². The van der Waals surface area contributed by atoms with Gasteiger partial charge in [0.25, 0.3) is 0 Å². The topological polar surface area (TPSA) is 74.7 Å². The third-order valence-corrected chi connectivity index (χ3v) is 4.22. The van der Waals surface area contributed by atoms with E-state index in [0.717, 1.165) is 4.90 Å². The zero-order valence-electron chi connectivity index (χ0n) is 11.6. The van der Waals surface area contributed by atoms with Crippen molar-refractivity contribution >= 4 is 23.5 Å². The number of benzene rings is 1. The number of nitrogens with zero attached hydrogens (tertiary/aromatic N) is 1. The van der Waals surface area contributed by atoms with Crippen molar-refractivity contribution in [1.82, 2.24) is 0 Å². The molecular weight excluding hydrogens is 270 g/mol. The van der Waals surface area contributed by atoms with Crippen LogP contribution in [0.1, 0.15) is 28.8 Å². The van der Waals surface area contributed by atoms with Crippen LogP contribution in [0.5, 0.6) is 0 Å². The number of fused-ring (bicyclic) bond motifs is 1. The quantitative estimate of drug-likeness (QED) is 0.667. The molecule has 1 aliphatic carbocycles. The van der Waals surface area contributed by atoms with Crippen LogP contribution in [0, 0.1) is 18.8 Å². The van der Waals surface area contributed by atoms with Crippen LogP contribution in [0.3, 0.4) is 0 Å². The van der Waals surface area contributed by atoms with Gasteiger partial charge in [0.15, 0.2) is 0 Å². The summed E-state index contributed by atoms with van der Waals surface area (Å²) in [7, 11) is 0. The van der Waals surface area contributed by atoms with Gasteiger partial charge in [0.05, 0.1) is 23.1 Å². The van der Waals surface area contributed by atoms with E-state index < -0.39 is 5.97 Å². The van der Waals surface area contributed by atoms with Gasteiger partial charge in [0.2, 0.25) is 11.8 Å². The summed E-state index contributed by atoms with van der Waals surface area (Å²) in [5.41, 5.74) is 1.06. The second kappa shape index (κ2) is 4.84.